The van der Waals surface area contributed by atoms with Gasteiger partial charge in [0.25, 0.3) is 0 Å². The van der Waals surface area contributed by atoms with Crippen molar-refractivity contribution >= 4 is 17.7 Å². The van der Waals surface area contributed by atoms with Crippen LogP contribution in [0.3, 0.4) is 0 Å². The van der Waals surface area contributed by atoms with Gasteiger partial charge in [-0.25, -0.2) is 4.39 Å². The van der Waals surface area contributed by atoms with Crippen LogP contribution < -0.4 is 0 Å². The normalized spacial score (nSPS) is 10.6. The van der Waals surface area contributed by atoms with Crippen molar-refractivity contribution in [3.05, 3.63) is 60.4 Å². The van der Waals surface area contributed by atoms with Gasteiger partial charge >= 0.3 is 5.97 Å². The molecule has 2 aromatic carbocycles. The molecule has 1 heterocycles. The Morgan fingerprint density at radius 1 is 1.12 bits per heavy atom. The van der Waals surface area contributed by atoms with Gasteiger partial charge < -0.3 is 4.74 Å². The molecule has 0 aliphatic rings. The maximum absolute atomic E-state index is 13.3. The van der Waals surface area contributed by atoms with Crippen molar-refractivity contribution in [2.75, 3.05) is 12.9 Å². The number of benzene rings is 2. The Kier molecular flexibility index (Phi) is 5.45. The fraction of sp³-hybridized carbons (Fsp3) is 0.167. The highest BCUT2D eigenvalue weighted by atomic mass is 32.2. The summed E-state index contributed by atoms with van der Waals surface area (Å²) >= 11 is 1.40. The predicted octanol–water partition coefficient (Wildman–Crippen LogP) is 3.73. The molecule has 0 unspecified atom stereocenters. The van der Waals surface area contributed by atoms with Gasteiger partial charge in [0.15, 0.2) is 11.0 Å². The largest absolute Gasteiger partial charge is 0.469 e. The molecular weight excluding hydrogens is 341 g/mol. The number of carbonyl (C=O) groups is 1. The number of rotatable bonds is 6. The molecule has 0 N–H and O–H groups in total. The Labute approximate surface area is 148 Å². The van der Waals surface area contributed by atoms with Gasteiger partial charge in [0.05, 0.1) is 13.5 Å². The molecule has 3 aromatic rings. The summed E-state index contributed by atoms with van der Waals surface area (Å²) in [6.45, 7) is 0. The average Bonchev–Trinajstić information content (AvgIpc) is 3.07. The van der Waals surface area contributed by atoms with Crippen molar-refractivity contribution in [3.8, 4) is 17.1 Å². The minimum atomic E-state index is -0.307. The van der Waals surface area contributed by atoms with Crippen molar-refractivity contribution in [1.29, 1.82) is 0 Å². The monoisotopic (exact) mass is 357 g/mol. The number of hydrogen-bond donors (Lipinski definition) is 0. The zero-order chi connectivity index (χ0) is 17.6. The maximum atomic E-state index is 13.3. The molecule has 5 nitrogen and oxygen atoms in total. The van der Waals surface area contributed by atoms with Gasteiger partial charge in [0.2, 0.25) is 0 Å². The van der Waals surface area contributed by atoms with E-state index in [1.807, 2.05) is 34.9 Å². The summed E-state index contributed by atoms with van der Waals surface area (Å²) in [4.78, 5) is 11.3. The van der Waals surface area contributed by atoms with Gasteiger partial charge in [-0.1, -0.05) is 42.1 Å². The van der Waals surface area contributed by atoms with E-state index in [-0.39, 0.29) is 18.2 Å². The van der Waals surface area contributed by atoms with Crippen LogP contribution in [0.5, 0.6) is 0 Å². The minimum Gasteiger partial charge on any atom is -0.469 e. The SMILES string of the molecule is COC(=O)CCSc1nnc(-c2ccccc2)n1-c1ccc(F)cc1. The summed E-state index contributed by atoms with van der Waals surface area (Å²) in [6, 6.07) is 15.8. The highest BCUT2D eigenvalue weighted by Crippen LogP contribution is 2.28. The summed E-state index contributed by atoms with van der Waals surface area (Å²) in [5.41, 5.74) is 1.66. The molecule has 7 heteroatoms. The molecule has 25 heavy (non-hydrogen) atoms. The van der Waals surface area contributed by atoms with Crippen LogP contribution in [0, 0.1) is 5.82 Å². The first-order valence-electron chi connectivity index (χ1n) is 7.65. The number of carbonyl (C=O) groups excluding carboxylic acids is 1. The molecule has 0 aliphatic heterocycles. The van der Waals surface area contributed by atoms with Crippen LogP contribution in [0.25, 0.3) is 17.1 Å². The Balaban J connectivity index is 1.96. The fourth-order valence-electron chi connectivity index (χ4n) is 2.29. The van der Waals surface area contributed by atoms with Crippen molar-refractivity contribution in [1.82, 2.24) is 14.8 Å². The van der Waals surface area contributed by atoms with Crippen molar-refractivity contribution in [3.63, 3.8) is 0 Å². The molecule has 0 atom stereocenters. The number of methoxy groups -OCH3 is 1. The molecular formula is C18H16FN3O2S. The first kappa shape index (κ1) is 17.2. The number of thioether (sulfide) groups is 1. The third kappa shape index (κ3) is 4.06. The second-order valence-electron chi connectivity index (χ2n) is 5.16. The Bertz CT molecular complexity index is 851. The highest BCUT2D eigenvalue weighted by Gasteiger charge is 2.16. The third-order valence-corrected chi connectivity index (χ3v) is 4.45. The van der Waals surface area contributed by atoms with Crippen LogP contribution >= 0.6 is 11.8 Å². The van der Waals surface area contributed by atoms with E-state index < -0.39 is 0 Å². The second-order valence-corrected chi connectivity index (χ2v) is 6.22. The highest BCUT2D eigenvalue weighted by molar-refractivity contribution is 7.99. The molecule has 0 bridgehead atoms. The summed E-state index contributed by atoms with van der Waals surface area (Å²) in [5, 5.41) is 9.16. The lowest BCUT2D eigenvalue weighted by atomic mass is 10.2. The second kappa shape index (κ2) is 7.94. The van der Waals surface area contributed by atoms with E-state index in [1.165, 1.54) is 31.0 Å². The summed E-state index contributed by atoms with van der Waals surface area (Å²) in [6.07, 6.45) is 0.276. The molecule has 0 aliphatic carbocycles. The standard InChI is InChI=1S/C18H16FN3O2S/c1-24-16(23)11-12-25-18-21-20-17(13-5-3-2-4-6-13)22(18)15-9-7-14(19)8-10-15/h2-10H,11-12H2,1H3. The molecule has 0 radical (unpaired) electrons. The van der Waals surface area contributed by atoms with E-state index in [1.54, 1.807) is 12.1 Å². The van der Waals surface area contributed by atoms with Crippen LogP contribution in [-0.2, 0) is 9.53 Å². The van der Waals surface area contributed by atoms with Crippen LogP contribution in [0.1, 0.15) is 6.42 Å². The zero-order valence-corrected chi connectivity index (χ0v) is 14.4. The van der Waals surface area contributed by atoms with E-state index in [9.17, 15) is 9.18 Å². The van der Waals surface area contributed by atoms with Gasteiger partial charge in [-0.3, -0.25) is 9.36 Å². The quantitative estimate of drug-likeness (QED) is 0.497. The third-order valence-electron chi connectivity index (χ3n) is 3.52. The first-order valence-corrected chi connectivity index (χ1v) is 8.64. The fourth-order valence-corrected chi connectivity index (χ4v) is 3.16. The van der Waals surface area contributed by atoms with E-state index in [2.05, 4.69) is 14.9 Å². The van der Waals surface area contributed by atoms with Crippen molar-refractivity contribution in [2.24, 2.45) is 0 Å². The number of hydrogen-bond acceptors (Lipinski definition) is 5. The Morgan fingerprint density at radius 3 is 2.52 bits per heavy atom. The number of nitrogens with zero attached hydrogens (tertiary/aromatic N) is 3. The predicted molar refractivity (Wildman–Crippen MR) is 94.1 cm³/mol. The van der Waals surface area contributed by atoms with Gasteiger partial charge in [-0.2, -0.15) is 0 Å². The molecule has 0 saturated carbocycles. The number of esters is 1. The maximum Gasteiger partial charge on any atom is 0.306 e. The smallest absolute Gasteiger partial charge is 0.306 e. The average molecular weight is 357 g/mol. The Hall–Kier alpha value is -2.67. The first-order chi connectivity index (χ1) is 12.2. The van der Waals surface area contributed by atoms with E-state index in [4.69, 9.17) is 0 Å². The van der Waals surface area contributed by atoms with Crippen molar-refractivity contribution < 1.29 is 13.9 Å². The Morgan fingerprint density at radius 2 is 1.84 bits per heavy atom. The summed E-state index contributed by atoms with van der Waals surface area (Å²) in [5.74, 6) is 0.593. The number of ether oxygens (including phenoxy) is 1. The van der Waals surface area contributed by atoms with Gasteiger partial charge in [0.1, 0.15) is 5.82 Å². The summed E-state index contributed by atoms with van der Waals surface area (Å²) < 4.78 is 19.8. The zero-order valence-electron chi connectivity index (χ0n) is 13.6. The van der Waals surface area contributed by atoms with E-state index in [0.29, 0.717) is 16.7 Å². The molecule has 0 saturated heterocycles. The summed E-state index contributed by atoms with van der Waals surface area (Å²) in [7, 11) is 1.36. The molecule has 128 valence electrons. The van der Waals surface area contributed by atoms with Crippen LogP contribution in [0.2, 0.25) is 0 Å². The lowest BCUT2D eigenvalue weighted by Gasteiger charge is -2.10. The molecule has 0 amide bonds. The van der Waals surface area contributed by atoms with Crippen molar-refractivity contribution in [2.45, 2.75) is 11.6 Å². The van der Waals surface area contributed by atoms with Crippen LogP contribution in [0.4, 0.5) is 4.39 Å². The lowest BCUT2D eigenvalue weighted by molar-refractivity contribution is -0.140. The lowest BCUT2D eigenvalue weighted by Crippen LogP contribution is -2.03. The number of halogens is 1. The van der Waals surface area contributed by atoms with Gasteiger partial charge in [0, 0.05) is 17.0 Å². The number of aromatic nitrogens is 3. The van der Waals surface area contributed by atoms with Gasteiger partial charge in [-0.05, 0) is 24.3 Å². The van der Waals surface area contributed by atoms with Crippen LogP contribution in [-0.4, -0.2) is 33.6 Å². The molecule has 0 spiro atoms. The van der Waals surface area contributed by atoms with Gasteiger partial charge in [-0.15, -0.1) is 10.2 Å². The topological polar surface area (TPSA) is 57.0 Å². The van der Waals surface area contributed by atoms with E-state index >= 15 is 0 Å². The molecule has 1 aromatic heterocycles. The minimum absolute atomic E-state index is 0.274. The molecule has 3 rings (SSSR count). The van der Waals surface area contributed by atoms with Crippen LogP contribution in [0.15, 0.2) is 59.8 Å². The molecule has 0 fully saturated rings. The van der Waals surface area contributed by atoms with E-state index in [0.717, 1.165) is 11.3 Å².